The minimum absolute atomic E-state index is 0.417. The second-order valence-corrected chi connectivity index (χ2v) is 9.33. The van der Waals surface area contributed by atoms with Crippen molar-refractivity contribution in [2.75, 3.05) is 45.2 Å². The third-order valence-corrected chi connectivity index (χ3v) is 6.41. The summed E-state index contributed by atoms with van der Waals surface area (Å²) in [7, 11) is 3.93. The molecule has 0 amide bonds. The van der Waals surface area contributed by atoms with Gasteiger partial charge < -0.3 is 14.9 Å². The summed E-state index contributed by atoms with van der Waals surface area (Å²) in [6.07, 6.45) is 4.35. The van der Waals surface area contributed by atoms with E-state index in [9.17, 15) is 10.4 Å². The summed E-state index contributed by atoms with van der Waals surface area (Å²) in [6, 6.07) is 13.2. The van der Waals surface area contributed by atoms with Gasteiger partial charge in [0, 0.05) is 42.2 Å². The molecule has 1 aromatic heterocycles. The lowest BCUT2D eigenvalue weighted by atomic mass is 10.0. The zero-order chi connectivity index (χ0) is 24.2. The van der Waals surface area contributed by atoms with Crippen molar-refractivity contribution in [1.82, 2.24) is 19.8 Å². The highest BCUT2D eigenvalue weighted by molar-refractivity contribution is 6.34. The molecule has 2 aromatic carbocycles. The zero-order valence-corrected chi connectivity index (χ0v) is 20.6. The van der Waals surface area contributed by atoms with Gasteiger partial charge in [0.1, 0.15) is 24.4 Å². The fourth-order valence-corrected chi connectivity index (χ4v) is 4.48. The number of benzene rings is 2. The number of fused-ring (bicyclic) bond motifs is 1. The van der Waals surface area contributed by atoms with Gasteiger partial charge in [-0.15, -0.1) is 0 Å². The Morgan fingerprint density at radius 2 is 1.97 bits per heavy atom. The molecular weight excluding hydrogens is 471 g/mol. The van der Waals surface area contributed by atoms with Crippen molar-refractivity contribution >= 4 is 39.9 Å². The molecule has 0 radical (unpaired) electrons. The Bertz CT molecular complexity index is 1220. The monoisotopic (exact) mass is 496 g/mol. The third kappa shape index (κ3) is 5.33. The van der Waals surface area contributed by atoms with E-state index in [1.807, 2.05) is 66.4 Å². The molecule has 0 aliphatic carbocycles. The SMILES string of the molecule is CN(C)C/C=C/C(O)N1CCN(c2ncnc3cc(Cl)c(-c4ccc(Cl)cc4)cc23)CC1C#N. The van der Waals surface area contributed by atoms with Gasteiger partial charge in [-0.2, -0.15) is 5.26 Å². The van der Waals surface area contributed by atoms with Gasteiger partial charge in [0.05, 0.1) is 16.6 Å². The summed E-state index contributed by atoms with van der Waals surface area (Å²) in [5, 5.41) is 22.6. The molecule has 7 nitrogen and oxygen atoms in total. The topological polar surface area (TPSA) is 79.5 Å². The maximum atomic E-state index is 10.6. The van der Waals surface area contributed by atoms with Gasteiger partial charge in [-0.1, -0.05) is 41.4 Å². The number of hydrogen-bond donors (Lipinski definition) is 1. The summed E-state index contributed by atoms with van der Waals surface area (Å²) in [4.78, 5) is 14.9. The van der Waals surface area contributed by atoms with Crippen LogP contribution in [-0.2, 0) is 0 Å². The maximum Gasteiger partial charge on any atom is 0.140 e. The molecule has 1 saturated heterocycles. The third-order valence-electron chi connectivity index (χ3n) is 5.85. The predicted molar refractivity (Wildman–Crippen MR) is 137 cm³/mol. The Hall–Kier alpha value is -2.73. The van der Waals surface area contributed by atoms with Gasteiger partial charge >= 0.3 is 0 Å². The van der Waals surface area contributed by atoms with E-state index >= 15 is 0 Å². The van der Waals surface area contributed by atoms with Gasteiger partial charge in [0.2, 0.25) is 0 Å². The maximum absolute atomic E-state index is 10.6. The second-order valence-electron chi connectivity index (χ2n) is 8.49. The Morgan fingerprint density at radius 3 is 2.68 bits per heavy atom. The molecule has 0 saturated carbocycles. The van der Waals surface area contributed by atoms with Gasteiger partial charge in [-0.3, -0.25) is 4.90 Å². The number of halogens is 2. The second kappa shape index (κ2) is 10.7. The molecule has 0 bridgehead atoms. The van der Waals surface area contributed by atoms with Gasteiger partial charge in [-0.05, 0) is 50.0 Å². The molecule has 176 valence electrons. The van der Waals surface area contributed by atoms with Crippen LogP contribution in [0.15, 0.2) is 54.9 Å². The van der Waals surface area contributed by atoms with Gasteiger partial charge in [-0.25, -0.2) is 9.97 Å². The first-order valence-electron chi connectivity index (χ1n) is 11.0. The summed E-state index contributed by atoms with van der Waals surface area (Å²) in [5.41, 5.74) is 2.53. The fourth-order valence-electron chi connectivity index (χ4n) is 4.09. The van der Waals surface area contributed by atoms with E-state index in [2.05, 4.69) is 20.9 Å². The number of aromatic nitrogens is 2. The lowest BCUT2D eigenvalue weighted by molar-refractivity contribution is 0.0185. The molecule has 1 N–H and O–H groups in total. The average Bonchev–Trinajstić information content (AvgIpc) is 2.83. The average molecular weight is 497 g/mol. The highest BCUT2D eigenvalue weighted by Crippen LogP contribution is 2.35. The van der Waals surface area contributed by atoms with Crippen molar-refractivity contribution < 1.29 is 5.11 Å². The zero-order valence-electron chi connectivity index (χ0n) is 19.1. The number of piperazine rings is 1. The van der Waals surface area contributed by atoms with Crippen LogP contribution in [0.4, 0.5) is 5.82 Å². The fraction of sp³-hybridized carbons (Fsp3) is 0.320. The Kier molecular flexibility index (Phi) is 7.67. The molecule has 3 aromatic rings. The molecule has 2 unspecified atom stereocenters. The summed E-state index contributed by atoms with van der Waals surface area (Å²) >= 11 is 12.6. The van der Waals surface area contributed by atoms with Crippen LogP contribution in [0.1, 0.15) is 0 Å². The summed E-state index contributed by atoms with van der Waals surface area (Å²) in [6.45, 7) is 2.27. The van der Waals surface area contributed by atoms with Crippen molar-refractivity contribution in [3.63, 3.8) is 0 Å². The van der Waals surface area contributed by atoms with Crippen LogP contribution in [-0.4, -0.2) is 77.4 Å². The number of nitriles is 1. The minimum atomic E-state index is -0.816. The number of aliphatic hydroxyl groups excluding tert-OH is 1. The van der Waals surface area contributed by atoms with Crippen molar-refractivity contribution in [3.8, 4) is 17.2 Å². The van der Waals surface area contributed by atoms with E-state index in [0.29, 0.717) is 29.7 Å². The first-order chi connectivity index (χ1) is 16.4. The number of aliphatic hydroxyl groups is 1. The van der Waals surface area contributed by atoms with Crippen LogP contribution < -0.4 is 4.90 Å². The Balaban J connectivity index is 1.62. The van der Waals surface area contributed by atoms with E-state index in [1.54, 1.807) is 6.08 Å². The van der Waals surface area contributed by atoms with Crippen LogP contribution in [0.25, 0.3) is 22.0 Å². The smallest absolute Gasteiger partial charge is 0.140 e. The van der Waals surface area contributed by atoms with E-state index in [-0.39, 0.29) is 0 Å². The lowest BCUT2D eigenvalue weighted by Crippen LogP contribution is -2.56. The number of likely N-dealkylation sites (N-methyl/N-ethyl adjacent to an activating group) is 1. The van der Waals surface area contributed by atoms with E-state index in [4.69, 9.17) is 23.2 Å². The molecule has 4 rings (SSSR count). The number of anilines is 1. The van der Waals surface area contributed by atoms with Crippen LogP contribution in [0, 0.1) is 11.3 Å². The van der Waals surface area contributed by atoms with Crippen molar-refractivity contribution in [1.29, 1.82) is 5.26 Å². The van der Waals surface area contributed by atoms with E-state index < -0.39 is 12.3 Å². The predicted octanol–water partition coefficient (Wildman–Crippen LogP) is 4.05. The number of hydrogen-bond acceptors (Lipinski definition) is 7. The molecule has 1 aliphatic heterocycles. The standard InChI is InChI=1S/C25H26Cl2N6O/c1-31(2)9-3-4-24(34)33-11-10-32(15-19(33)14-28)25-21-12-20(17-5-7-18(26)8-6-17)22(27)13-23(21)29-16-30-25/h3-8,12-13,16,19,24,34H,9-11,15H2,1-2H3/b4-3+. The molecule has 34 heavy (non-hydrogen) atoms. The molecule has 0 spiro atoms. The first kappa shape index (κ1) is 24.4. The van der Waals surface area contributed by atoms with Crippen LogP contribution in [0.5, 0.6) is 0 Å². The van der Waals surface area contributed by atoms with E-state index in [1.165, 1.54) is 6.33 Å². The van der Waals surface area contributed by atoms with Crippen molar-refractivity contribution in [2.24, 2.45) is 0 Å². The largest absolute Gasteiger partial charge is 0.375 e. The highest BCUT2D eigenvalue weighted by Gasteiger charge is 2.31. The molecule has 1 aliphatic rings. The summed E-state index contributed by atoms with van der Waals surface area (Å²) < 4.78 is 0. The number of rotatable bonds is 6. The summed E-state index contributed by atoms with van der Waals surface area (Å²) in [5.74, 6) is 0.745. The number of nitrogens with zero attached hydrogens (tertiary/aromatic N) is 6. The van der Waals surface area contributed by atoms with Gasteiger partial charge in [0.15, 0.2) is 0 Å². The highest BCUT2D eigenvalue weighted by atomic mass is 35.5. The molecule has 1 fully saturated rings. The normalized spacial score (nSPS) is 18.0. The van der Waals surface area contributed by atoms with Crippen LogP contribution in [0.3, 0.4) is 0 Å². The van der Waals surface area contributed by atoms with Crippen LogP contribution >= 0.6 is 23.2 Å². The molecular formula is C25H26Cl2N6O. The minimum Gasteiger partial charge on any atom is -0.375 e. The lowest BCUT2D eigenvalue weighted by Gasteiger charge is -2.40. The molecule has 9 heteroatoms. The first-order valence-corrected chi connectivity index (χ1v) is 11.7. The van der Waals surface area contributed by atoms with Crippen molar-refractivity contribution in [2.45, 2.75) is 12.3 Å². The Morgan fingerprint density at radius 1 is 1.21 bits per heavy atom. The molecule has 2 atom stereocenters. The quantitative estimate of drug-likeness (QED) is 0.515. The van der Waals surface area contributed by atoms with E-state index in [0.717, 1.165) is 34.4 Å². The van der Waals surface area contributed by atoms with Crippen molar-refractivity contribution in [3.05, 3.63) is 64.9 Å². The Labute approximate surface area is 209 Å². The van der Waals surface area contributed by atoms with Crippen LogP contribution in [0.2, 0.25) is 10.0 Å². The van der Waals surface area contributed by atoms with Gasteiger partial charge in [0.25, 0.3) is 0 Å². The molecule has 2 heterocycles.